The van der Waals surface area contributed by atoms with Crippen molar-refractivity contribution >= 4 is 22.4 Å². The zero-order chi connectivity index (χ0) is 18.3. The van der Waals surface area contributed by atoms with Crippen molar-refractivity contribution in [1.29, 1.82) is 5.41 Å². The highest BCUT2D eigenvalue weighted by atomic mass is 16.3. The van der Waals surface area contributed by atoms with Crippen molar-refractivity contribution in [2.45, 2.75) is 6.42 Å². The summed E-state index contributed by atoms with van der Waals surface area (Å²) in [4.78, 5) is 1.94. The molecule has 132 valence electrons. The number of hydrogen-bond donors (Lipinski definition) is 2. The number of amidine groups is 1. The molecule has 5 heteroatoms. The number of para-hydroxylation sites is 2. The first-order valence-electron chi connectivity index (χ1n) is 8.81. The van der Waals surface area contributed by atoms with E-state index in [0.29, 0.717) is 24.5 Å². The summed E-state index contributed by atoms with van der Waals surface area (Å²) in [6.45, 7) is 1.10. The third-order valence-corrected chi connectivity index (χ3v) is 5.16. The van der Waals surface area contributed by atoms with Crippen LogP contribution in [0.15, 0.2) is 60.4 Å². The standard InChI is InChI=1S/C21H22N4O/c1-23-16-10-6-7-11-17(16)24(2)21(23)19-18(26)14-25(20(19)22)13-12-15-8-4-3-5-9-15/h3-11,22H,12-14H2,1-2H3/p+1. The highest BCUT2D eigenvalue weighted by molar-refractivity contribution is 6.22. The van der Waals surface area contributed by atoms with Gasteiger partial charge in [-0.05, 0) is 24.1 Å². The molecule has 1 aliphatic heterocycles. The van der Waals surface area contributed by atoms with Crippen LogP contribution in [0.4, 0.5) is 0 Å². The van der Waals surface area contributed by atoms with Crippen molar-refractivity contribution in [3.63, 3.8) is 0 Å². The van der Waals surface area contributed by atoms with Crippen molar-refractivity contribution in [2.75, 3.05) is 13.1 Å². The molecule has 0 saturated heterocycles. The van der Waals surface area contributed by atoms with Crippen molar-refractivity contribution in [3.8, 4) is 0 Å². The van der Waals surface area contributed by atoms with Gasteiger partial charge >= 0.3 is 0 Å². The second-order valence-electron chi connectivity index (χ2n) is 6.76. The lowest BCUT2D eigenvalue weighted by Gasteiger charge is -2.18. The molecule has 0 fully saturated rings. The maximum absolute atomic E-state index is 10.6. The summed E-state index contributed by atoms with van der Waals surface area (Å²) in [5.41, 5.74) is 4.03. The van der Waals surface area contributed by atoms with Gasteiger partial charge in [0.25, 0.3) is 5.82 Å². The molecule has 0 aliphatic carbocycles. The number of nitrogens with zero attached hydrogens (tertiary/aromatic N) is 3. The van der Waals surface area contributed by atoms with Crippen molar-refractivity contribution in [2.24, 2.45) is 14.1 Å². The van der Waals surface area contributed by atoms with E-state index < -0.39 is 0 Å². The molecule has 2 N–H and O–H groups in total. The number of benzene rings is 2. The lowest BCUT2D eigenvalue weighted by atomic mass is 10.1. The van der Waals surface area contributed by atoms with Gasteiger partial charge in [0.1, 0.15) is 17.2 Å². The minimum atomic E-state index is 0.268. The van der Waals surface area contributed by atoms with Gasteiger partial charge in [-0.2, -0.15) is 0 Å². The molecule has 0 atom stereocenters. The maximum Gasteiger partial charge on any atom is 0.296 e. The van der Waals surface area contributed by atoms with Crippen molar-refractivity contribution < 1.29 is 9.67 Å². The first-order valence-corrected chi connectivity index (χ1v) is 8.81. The lowest BCUT2D eigenvalue weighted by Crippen LogP contribution is -2.35. The SMILES string of the molecule is Cn1c(C2=C(O)CN(CCc3ccccc3)C2=N)[n+](C)c2ccccc21. The summed E-state index contributed by atoms with van der Waals surface area (Å²) < 4.78 is 4.10. The number of rotatable bonds is 4. The van der Waals surface area contributed by atoms with Gasteiger partial charge in [0.15, 0.2) is 11.0 Å². The number of aliphatic hydroxyl groups is 1. The van der Waals surface area contributed by atoms with Crippen LogP contribution in [0.2, 0.25) is 0 Å². The number of hydrogen-bond acceptors (Lipinski definition) is 2. The molecule has 1 aromatic heterocycles. The number of aryl methyl sites for hydroxylation is 2. The quantitative estimate of drug-likeness (QED) is 0.713. The highest BCUT2D eigenvalue weighted by Gasteiger charge is 2.36. The van der Waals surface area contributed by atoms with Gasteiger partial charge in [0, 0.05) is 6.54 Å². The second kappa shape index (κ2) is 6.33. The molecule has 2 heterocycles. The summed E-state index contributed by atoms with van der Waals surface area (Å²) >= 11 is 0. The average molecular weight is 347 g/mol. The van der Waals surface area contributed by atoms with E-state index in [0.717, 1.165) is 23.3 Å². The van der Waals surface area contributed by atoms with Crippen LogP contribution in [0.3, 0.4) is 0 Å². The predicted molar refractivity (Wildman–Crippen MR) is 103 cm³/mol. The van der Waals surface area contributed by atoms with E-state index in [1.165, 1.54) is 5.56 Å². The lowest BCUT2D eigenvalue weighted by molar-refractivity contribution is -0.648. The van der Waals surface area contributed by atoms with Crippen molar-refractivity contribution in [3.05, 3.63) is 71.7 Å². The number of fused-ring (bicyclic) bond motifs is 1. The maximum atomic E-state index is 10.6. The zero-order valence-corrected chi connectivity index (χ0v) is 15.1. The molecule has 26 heavy (non-hydrogen) atoms. The third kappa shape index (κ3) is 2.56. The Labute approximate surface area is 152 Å². The van der Waals surface area contributed by atoms with Gasteiger partial charge in [-0.15, -0.1) is 0 Å². The first kappa shape index (κ1) is 16.4. The third-order valence-electron chi connectivity index (χ3n) is 5.16. The summed E-state index contributed by atoms with van der Waals surface area (Å²) in [5, 5.41) is 19.3. The summed E-state index contributed by atoms with van der Waals surface area (Å²) in [6.07, 6.45) is 0.852. The second-order valence-corrected chi connectivity index (χ2v) is 6.76. The number of imidazole rings is 1. The smallest absolute Gasteiger partial charge is 0.296 e. The van der Waals surface area contributed by atoms with Gasteiger partial charge < -0.3 is 10.0 Å². The van der Waals surface area contributed by atoms with E-state index in [-0.39, 0.29) is 5.76 Å². The summed E-state index contributed by atoms with van der Waals surface area (Å²) in [6, 6.07) is 18.4. The molecule has 2 aromatic carbocycles. The van der Waals surface area contributed by atoms with Crippen LogP contribution in [0.5, 0.6) is 0 Å². The molecule has 0 amide bonds. The molecular weight excluding hydrogens is 324 g/mol. The largest absolute Gasteiger partial charge is 0.509 e. The monoisotopic (exact) mass is 347 g/mol. The Morgan fingerprint density at radius 1 is 1.08 bits per heavy atom. The summed E-state index contributed by atoms with van der Waals surface area (Å²) in [7, 11) is 3.97. The van der Waals surface area contributed by atoms with Crippen LogP contribution in [-0.2, 0) is 20.5 Å². The number of aromatic nitrogens is 2. The molecule has 4 rings (SSSR count). The van der Waals surface area contributed by atoms with E-state index in [9.17, 15) is 5.11 Å². The zero-order valence-electron chi connectivity index (χ0n) is 15.1. The molecule has 0 saturated carbocycles. The fraction of sp³-hybridized carbons (Fsp3) is 0.238. The van der Waals surface area contributed by atoms with E-state index >= 15 is 0 Å². The van der Waals surface area contributed by atoms with Gasteiger partial charge in [0.2, 0.25) is 0 Å². The molecular formula is C21H23N4O+. The number of nitrogens with one attached hydrogen (secondary N) is 1. The predicted octanol–water partition coefficient (Wildman–Crippen LogP) is 2.81. The van der Waals surface area contributed by atoms with Gasteiger partial charge in [-0.25, -0.2) is 9.13 Å². The first-order chi connectivity index (χ1) is 12.6. The van der Waals surface area contributed by atoms with Gasteiger partial charge in [-0.3, -0.25) is 5.41 Å². The highest BCUT2D eigenvalue weighted by Crippen LogP contribution is 2.27. The van der Waals surface area contributed by atoms with Gasteiger partial charge in [0.05, 0.1) is 20.6 Å². The Kier molecular flexibility index (Phi) is 3.99. The Balaban J connectivity index is 1.64. The van der Waals surface area contributed by atoms with Gasteiger partial charge in [-0.1, -0.05) is 42.5 Å². The fourth-order valence-corrected chi connectivity index (χ4v) is 3.79. The van der Waals surface area contributed by atoms with Crippen LogP contribution in [0.1, 0.15) is 11.4 Å². The normalized spacial score (nSPS) is 14.7. The fourth-order valence-electron chi connectivity index (χ4n) is 3.79. The van der Waals surface area contributed by atoms with E-state index in [1.54, 1.807) is 0 Å². The molecule has 0 unspecified atom stereocenters. The molecule has 5 nitrogen and oxygen atoms in total. The topological polar surface area (TPSA) is 56.1 Å². The van der Waals surface area contributed by atoms with Crippen LogP contribution in [-0.4, -0.2) is 33.5 Å². The van der Waals surface area contributed by atoms with Crippen LogP contribution >= 0.6 is 0 Å². The summed E-state index contributed by atoms with van der Waals surface area (Å²) in [5.74, 6) is 1.51. The number of aliphatic hydroxyl groups excluding tert-OH is 1. The van der Waals surface area contributed by atoms with E-state index in [4.69, 9.17) is 5.41 Å². The van der Waals surface area contributed by atoms with E-state index in [2.05, 4.69) is 33.4 Å². The Morgan fingerprint density at radius 3 is 2.50 bits per heavy atom. The average Bonchev–Trinajstić information content (AvgIpc) is 3.08. The molecule has 0 radical (unpaired) electrons. The Bertz CT molecular complexity index is 978. The minimum Gasteiger partial charge on any atom is -0.509 e. The Morgan fingerprint density at radius 2 is 1.77 bits per heavy atom. The molecule has 0 bridgehead atoms. The van der Waals surface area contributed by atoms with Crippen LogP contribution in [0.25, 0.3) is 16.6 Å². The van der Waals surface area contributed by atoms with E-state index in [1.807, 2.05) is 49.3 Å². The Hall–Kier alpha value is -3.08. The molecule has 0 spiro atoms. The van der Waals surface area contributed by atoms with Crippen molar-refractivity contribution in [1.82, 2.24) is 9.47 Å². The molecule has 1 aliphatic rings. The van der Waals surface area contributed by atoms with Crippen LogP contribution in [0, 0.1) is 5.41 Å². The molecule has 3 aromatic rings. The van der Waals surface area contributed by atoms with Crippen LogP contribution < -0.4 is 4.57 Å². The minimum absolute atomic E-state index is 0.268.